The molecule has 4 rings (SSSR count). The number of aromatic nitrogens is 1. The van der Waals surface area contributed by atoms with Gasteiger partial charge in [0.05, 0.1) is 24.6 Å². The molecule has 2 aromatic rings. The van der Waals surface area contributed by atoms with Gasteiger partial charge in [-0.05, 0) is 24.5 Å². The number of morpholine rings is 1. The molecule has 4 N–H and O–H groups in total. The van der Waals surface area contributed by atoms with Gasteiger partial charge in [-0.1, -0.05) is 18.9 Å². The molecule has 0 bridgehead atoms. The first-order valence-electron chi connectivity index (χ1n) is 11.5. The number of nitrogens with zero attached hydrogens (tertiary/aromatic N) is 3. The third-order valence-electron chi connectivity index (χ3n) is 6.13. The van der Waals surface area contributed by atoms with Gasteiger partial charge in [0.2, 0.25) is 0 Å². The van der Waals surface area contributed by atoms with Gasteiger partial charge in [0, 0.05) is 55.7 Å². The number of hydrogen-bond donors (Lipinski definition) is 3. The SMILES string of the molecule is Nc1cscc1NC(=O)c1ccc(CN(CCN2CCOCC2)C(=O)NC2CCCC2)cn1. The number of pyridine rings is 1. The summed E-state index contributed by atoms with van der Waals surface area (Å²) >= 11 is 1.43. The van der Waals surface area contributed by atoms with Gasteiger partial charge >= 0.3 is 6.03 Å². The average Bonchev–Trinajstić information content (AvgIpc) is 3.49. The molecule has 1 aliphatic heterocycles. The molecular weight excluding hydrogens is 440 g/mol. The number of amides is 3. The Morgan fingerprint density at radius 3 is 2.67 bits per heavy atom. The van der Waals surface area contributed by atoms with Crippen molar-refractivity contribution in [2.45, 2.75) is 38.3 Å². The molecule has 178 valence electrons. The zero-order valence-electron chi connectivity index (χ0n) is 18.8. The zero-order chi connectivity index (χ0) is 23.0. The molecule has 0 spiro atoms. The number of nitrogens with two attached hydrogens (primary N) is 1. The number of rotatable bonds is 8. The smallest absolute Gasteiger partial charge is 0.317 e. The highest BCUT2D eigenvalue weighted by molar-refractivity contribution is 7.09. The van der Waals surface area contributed by atoms with Crippen molar-refractivity contribution in [2.75, 3.05) is 50.4 Å². The highest BCUT2D eigenvalue weighted by Gasteiger charge is 2.22. The van der Waals surface area contributed by atoms with Gasteiger partial charge in [-0.2, -0.15) is 0 Å². The van der Waals surface area contributed by atoms with E-state index in [2.05, 4.69) is 20.5 Å². The number of thiophene rings is 1. The second-order valence-electron chi connectivity index (χ2n) is 8.55. The van der Waals surface area contributed by atoms with Gasteiger partial charge in [-0.15, -0.1) is 11.3 Å². The minimum absolute atomic E-state index is 0.0371. The lowest BCUT2D eigenvalue weighted by Crippen LogP contribution is -2.47. The van der Waals surface area contributed by atoms with Gasteiger partial charge in [0.1, 0.15) is 5.69 Å². The summed E-state index contributed by atoms with van der Waals surface area (Å²) in [5.41, 5.74) is 8.15. The highest BCUT2D eigenvalue weighted by Crippen LogP contribution is 2.23. The van der Waals surface area contributed by atoms with Crippen LogP contribution >= 0.6 is 11.3 Å². The third kappa shape index (κ3) is 6.66. The molecule has 9 nitrogen and oxygen atoms in total. The number of nitrogen functional groups attached to an aromatic ring is 1. The van der Waals surface area contributed by atoms with Crippen molar-refractivity contribution in [1.29, 1.82) is 0 Å². The monoisotopic (exact) mass is 472 g/mol. The number of carbonyl (C=O) groups excluding carboxylic acids is 2. The standard InChI is InChI=1S/C23H32N6O3S/c24-19-15-33-16-21(19)27-22(30)20-6-5-17(13-25-20)14-29(8-7-28-9-11-32-12-10-28)23(31)26-18-3-1-2-4-18/h5-6,13,15-16,18H,1-4,7-12,14,24H2,(H,26,31)(H,27,30). The van der Waals surface area contributed by atoms with Crippen molar-refractivity contribution >= 4 is 34.6 Å². The van der Waals surface area contributed by atoms with Crippen molar-refractivity contribution in [3.8, 4) is 0 Å². The lowest BCUT2D eigenvalue weighted by molar-refractivity contribution is 0.0346. The van der Waals surface area contributed by atoms with E-state index in [1.54, 1.807) is 23.0 Å². The first-order chi connectivity index (χ1) is 16.1. The lowest BCUT2D eigenvalue weighted by atomic mass is 10.2. The number of nitrogens with one attached hydrogen (secondary N) is 2. The maximum Gasteiger partial charge on any atom is 0.317 e. The van der Waals surface area contributed by atoms with Crippen LogP contribution in [0.4, 0.5) is 16.2 Å². The van der Waals surface area contributed by atoms with Crippen LogP contribution in [0.5, 0.6) is 0 Å². The summed E-state index contributed by atoms with van der Waals surface area (Å²) in [4.78, 5) is 34.0. The van der Waals surface area contributed by atoms with Crippen molar-refractivity contribution in [3.05, 3.63) is 40.3 Å². The molecule has 1 saturated carbocycles. The quantitative estimate of drug-likeness (QED) is 0.545. The van der Waals surface area contributed by atoms with Crippen LogP contribution in [0.25, 0.3) is 0 Å². The first-order valence-corrected chi connectivity index (χ1v) is 12.5. The molecule has 10 heteroatoms. The molecule has 0 unspecified atom stereocenters. The van der Waals surface area contributed by atoms with E-state index in [0.717, 1.165) is 51.3 Å². The molecule has 33 heavy (non-hydrogen) atoms. The average molecular weight is 473 g/mol. The fourth-order valence-electron chi connectivity index (χ4n) is 4.14. The summed E-state index contributed by atoms with van der Waals surface area (Å²) in [5.74, 6) is -0.310. The number of carbonyl (C=O) groups is 2. The fourth-order valence-corrected chi connectivity index (χ4v) is 4.82. The predicted molar refractivity (Wildman–Crippen MR) is 129 cm³/mol. The van der Waals surface area contributed by atoms with Gasteiger partial charge in [-0.3, -0.25) is 14.7 Å². The third-order valence-corrected chi connectivity index (χ3v) is 6.89. The van der Waals surface area contributed by atoms with E-state index >= 15 is 0 Å². The molecule has 2 aliphatic rings. The second kappa shape index (κ2) is 11.4. The van der Waals surface area contributed by atoms with Crippen LogP contribution in [0.15, 0.2) is 29.1 Å². The Morgan fingerprint density at radius 2 is 2.00 bits per heavy atom. The Balaban J connectivity index is 1.37. The normalized spacial score (nSPS) is 17.1. The number of anilines is 2. The van der Waals surface area contributed by atoms with E-state index in [-0.39, 0.29) is 18.0 Å². The number of ether oxygens (including phenoxy) is 1. The molecule has 0 radical (unpaired) electrons. The molecule has 0 atom stereocenters. The predicted octanol–water partition coefficient (Wildman–Crippen LogP) is 2.76. The largest absolute Gasteiger partial charge is 0.396 e. The summed E-state index contributed by atoms with van der Waals surface area (Å²) < 4.78 is 5.43. The first kappa shape index (κ1) is 23.5. The molecule has 3 heterocycles. The van der Waals surface area contributed by atoms with E-state index in [1.807, 2.05) is 11.0 Å². The van der Waals surface area contributed by atoms with Gasteiger partial charge in [-0.25, -0.2) is 4.79 Å². The summed E-state index contributed by atoms with van der Waals surface area (Å²) in [6.07, 6.45) is 6.09. The molecule has 3 amide bonds. The van der Waals surface area contributed by atoms with Crippen molar-refractivity contribution in [1.82, 2.24) is 20.1 Å². The Hall–Kier alpha value is -2.69. The maximum atomic E-state index is 13.0. The molecule has 1 saturated heterocycles. The molecule has 2 aromatic heterocycles. The van der Waals surface area contributed by atoms with Crippen molar-refractivity contribution in [2.24, 2.45) is 0 Å². The van der Waals surface area contributed by atoms with E-state index in [9.17, 15) is 9.59 Å². The lowest BCUT2D eigenvalue weighted by Gasteiger charge is -2.31. The van der Waals surface area contributed by atoms with E-state index in [1.165, 1.54) is 24.2 Å². The molecule has 1 aliphatic carbocycles. The highest BCUT2D eigenvalue weighted by atomic mass is 32.1. The summed E-state index contributed by atoms with van der Waals surface area (Å²) in [5, 5.41) is 9.53. The zero-order valence-corrected chi connectivity index (χ0v) is 19.6. The minimum atomic E-state index is -0.310. The Kier molecular flexibility index (Phi) is 8.14. The number of urea groups is 1. The van der Waals surface area contributed by atoms with Crippen LogP contribution in [0.3, 0.4) is 0 Å². The van der Waals surface area contributed by atoms with Crippen LogP contribution in [0.1, 0.15) is 41.7 Å². The van der Waals surface area contributed by atoms with Crippen LogP contribution in [-0.4, -0.2) is 72.2 Å². The van der Waals surface area contributed by atoms with Crippen molar-refractivity contribution < 1.29 is 14.3 Å². The topological polar surface area (TPSA) is 113 Å². The van der Waals surface area contributed by atoms with Crippen LogP contribution in [0.2, 0.25) is 0 Å². The Morgan fingerprint density at radius 1 is 1.21 bits per heavy atom. The van der Waals surface area contributed by atoms with Crippen LogP contribution < -0.4 is 16.4 Å². The van der Waals surface area contributed by atoms with E-state index < -0.39 is 0 Å². The summed E-state index contributed by atoms with van der Waals surface area (Å²) in [7, 11) is 0. The number of hydrogen-bond acceptors (Lipinski definition) is 7. The molecule has 0 aromatic carbocycles. The summed E-state index contributed by atoms with van der Waals surface area (Å²) in [6, 6.07) is 3.76. The second-order valence-corrected chi connectivity index (χ2v) is 9.30. The van der Waals surface area contributed by atoms with Crippen LogP contribution in [-0.2, 0) is 11.3 Å². The summed E-state index contributed by atoms with van der Waals surface area (Å²) in [6.45, 7) is 5.11. The maximum absolute atomic E-state index is 13.0. The van der Waals surface area contributed by atoms with Crippen LogP contribution in [0, 0.1) is 0 Å². The van der Waals surface area contributed by atoms with E-state index in [4.69, 9.17) is 10.5 Å². The Bertz CT molecular complexity index is 923. The van der Waals surface area contributed by atoms with Gasteiger partial charge < -0.3 is 26.0 Å². The van der Waals surface area contributed by atoms with Gasteiger partial charge in [0.15, 0.2) is 0 Å². The fraction of sp³-hybridized carbons (Fsp3) is 0.522. The van der Waals surface area contributed by atoms with Crippen molar-refractivity contribution in [3.63, 3.8) is 0 Å². The minimum Gasteiger partial charge on any atom is -0.396 e. The molecule has 2 fully saturated rings. The van der Waals surface area contributed by atoms with E-state index in [0.29, 0.717) is 30.2 Å². The Labute approximate surface area is 198 Å². The molecular formula is C23H32N6O3S. The van der Waals surface area contributed by atoms with Gasteiger partial charge in [0.25, 0.3) is 5.91 Å².